The molecule has 1 rings (SSSR count). The van der Waals surface area contributed by atoms with Crippen molar-refractivity contribution in [3.05, 3.63) is 17.7 Å². The highest BCUT2D eigenvalue weighted by molar-refractivity contribution is 7.98. The van der Waals surface area contributed by atoms with Gasteiger partial charge in [-0.25, -0.2) is 9.79 Å². The molecule has 0 aliphatic rings. The van der Waals surface area contributed by atoms with E-state index in [9.17, 15) is 4.79 Å². The van der Waals surface area contributed by atoms with Crippen LogP contribution in [-0.2, 0) is 11.3 Å². The lowest BCUT2D eigenvalue weighted by Crippen LogP contribution is -1.96. The number of rotatable bonds is 5. The van der Waals surface area contributed by atoms with Gasteiger partial charge in [-0.15, -0.1) is 11.8 Å². The quantitative estimate of drug-likeness (QED) is 0.449. The highest BCUT2D eigenvalue weighted by Crippen LogP contribution is 2.39. The first-order chi connectivity index (χ1) is 7.78. The number of ether oxygens (including phenoxy) is 2. The molecule has 0 heterocycles. The van der Waals surface area contributed by atoms with Crippen LogP contribution in [0.4, 0.5) is 0 Å². The zero-order valence-electron chi connectivity index (χ0n) is 9.44. The lowest BCUT2D eigenvalue weighted by Gasteiger charge is -2.14. The molecule has 0 atom stereocenters. The Morgan fingerprint density at radius 2 is 2.12 bits per heavy atom. The minimum absolute atomic E-state index is 0.268. The van der Waals surface area contributed by atoms with Crippen molar-refractivity contribution >= 4 is 17.8 Å². The fourth-order valence-electron chi connectivity index (χ4n) is 1.41. The smallest absolute Gasteiger partial charge is 0.235 e. The van der Waals surface area contributed by atoms with E-state index >= 15 is 0 Å². The third kappa shape index (κ3) is 2.56. The summed E-state index contributed by atoms with van der Waals surface area (Å²) in [5.74, 6) is 1.45. The lowest BCUT2D eigenvalue weighted by molar-refractivity contribution is 0.373. The molecule has 16 heavy (non-hydrogen) atoms. The van der Waals surface area contributed by atoms with Gasteiger partial charge in [-0.05, 0) is 18.4 Å². The molecule has 1 aromatic rings. The second-order valence-electron chi connectivity index (χ2n) is 2.90. The van der Waals surface area contributed by atoms with Crippen LogP contribution in [0.3, 0.4) is 0 Å². The molecule has 0 unspecified atom stereocenters. The predicted octanol–water partition coefficient (Wildman–Crippen LogP) is 2.26. The minimum Gasteiger partial charge on any atom is -0.495 e. The fourth-order valence-corrected chi connectivity index (χ4v) is 2.16. The van der Waals surface area contributed by atoms with Gasteiger partial charge in [0.2, 0.25) is 6.08 Å². The normalized spacial score (nSPS) is 9.44. The monoisotopic (exact) mass is 239 g/mol. The van der Waals surface area contributed by atoms with Crippen molar-refractivity contribution in [2.75, 3.05) is 20.5 Å². The minimum atomic E-state index is 0.268. The first-order valence-electron chi connectivity index (χ1n) is 4.60. The molecule has 0 radical (unpaired) electrons. The van der Waals surface area contributed by atoms with E-state index in [2.05, 4.69) is 4.99 Å². The molecule has 1 aromatic carbocycles. The number of isocyanates is 1. The van der Waals surface area contributed by atoms with Crippen LogP contribution in [0.2, 0.25) is 0 Å². The molecule has 0 saturated heterocycles. The molecular weight excluding hydrogens is 226 g/mol. The summed E-state index contributed by atoms with van der Waals surface area (Å²) >= 11 is 1.53. The van der Waals surface area contributed by atoms with Crippen LogP contribution in [0.15, 0.2) is 22.0 Å². The number of thioether (sulfide) groups is 1. The van der Waals surface area contributed by atoms with Gasteiger partial charge in [0.1, 0.15) is 11.5 Å². The van der Waals surface area contributed by atoms with E-state index in [1.165, 1.54) is 17.8 Å². The molecule has 0 N–H and O–H groups in total. The van der Waals surface area contributed by atoms with Crippen LogP contribution in [-0.4, -0.2) is 26.6 Å². The van der Waals surface area contributed by atoms with Crippen LogP contribution in [0.1, 0.15) is 5.56 Å². The predicted molar refractivity (Wildman–Crippen MR) is 63.2 cm³/mol. The van der Waals surface area contributed by atoms with Crippen LogP contribution in [0.25, 0.3) is 0 Å². The van der Waals surface area contributed by atoms with E-state index < -0.39 is 0 Å². The van der Waals surface area contributed by atoms with E-state index in [4.69, 9.17) is 9.47 Å². The summed E-state index contributed by atoms with van der Waals surface area (Å²) in [6.45, 7) is 0.268. The van der Waals surface area contributed by atoms with Crippen molar-refractivity contribution in [1.29, 1.82) is 0 Å². The summed E-state index contributed by atoms with van der Waals surface area (Å²) in [5, 5.41) is 0. The van der Waals surface area contributed by atoms with E-state index in [1.54, 1.807) is 14.2 Å². The molecule has 0 aromatic heterocycles. The summed E-state index contributed by atoms with van der Waals surface area (Å²) < 4.78 is 10.5. The van der Waals surface area contributed by atoms with E-state index in [1.807, 2.05) is 18.4 Å². The number of benzene rings is 1. The molecule has 0 aliphatic carbocycles. The topological polar surface area (TPSA) is 47.9 Å². The van der Waals surface area contributed by atoms with Gasteiger partial charge < -0.3 is 9.47 Å². The summed E-state index contributed by atoms with van der Waals surface area (Å²) in [7, 11) is 3.19. The summed E-state index contributed by atoms with van der Waals surface area (Å²) in [5.41, 5.74) is 0.844. The molecule has 0 saturated carbocycles. The molecule has 86 valence electrons. The molecule has 4 nitrogen and oxygen atoms in total. The number of carbonyl (C=O) groups excluding carboxylic acids is 1. The van der Waals surface area contributed by atoms with Crippen LogP contribution in [0, 0.1) is 0 Å². The Labute approximate surface area is 98.7 Å². The Hall–Kier alpha value is -1.45. The van der Waals surface area contributed by atoms with Crippen molar-refractivity contribution in [3.63, 3.8) is 0 Å². The zero-order valence-corrected chi connectivity index (χ0v) is 10.3. The fraction of sp³-hybridized carbons (Fsp3) is 0.364. The SMILES string of the molecule is COc1ccc(CN=C=O)c(OC)c1SC. The molecule has 5 heteroatoms. The molecule has 0 aliphatic heterocycles. The standard InChI is InChI=1S/C11H13NO3S/c1-14-9-5-4-8(6-12-7-13)10(15-2)11(9)16-3/h4-5H,6H2,1-3H3. The van der Waals surface area contributed by atoms with Crippen molar-refractivity contribution in [2.24, 2.45) is 4.99 Å². The second kappa shape index (κ2) is 6.20. The molecule has 0 bridgehead atoms. The number of hydrogen-bond donors (Lipinski definition) is 0. The van der Waals surface area contributed by atoms with Crippen molar-refractivity contribution in [1.82, 2.24) is 0 Å². The van der Waals surface area contributed by atoms with Gasteiger partial charge in [0, 0.05) is 5.56 Å². The van der Waals surface area contributed by atoms with E-state index in [0.717, 1.165) is 16.2 Å². The lowest BCUT2D eigenvalue weighted by atomic mass is 10.2. The van der Waals surface area contributed by atoms with Gasteiger partial charge in [0.15, 0.2) is 0 Å². The molecular formula is C11H13NO3S. The van der Waals surface area contributed by atoms with Crippen molar-refractivity contribution in [3.8, 4) is 11.5 Å². The molecule has 0 fully saturated rings. The molecule has 0 amide bonds. The average Bonchev–Trinajstić information content (AvgIpc) is 2.34. The summed E-state index contributed by atoms with van der Waals surface area (Å²) in [6.07, 6.45) is 3.45. The van der Waals surface area contributed by atoms with E-state index in [-0.39, 0.29) is 6.54 Å². The van der Waals surface area contributed by atoms with Crippen LogP contribution in [0.5, 0.6) is 11.5 Å². The maximum atomic E-state index is 10.1. The van der Waals surface area contributed by atoms with Crippen molar-refractivity contribution in [2.45, 2.75) is 11.4 Å². The van der Waals surface area contributed by atoms with Crippen LogP contribution < -0.4 is 9.47 Å². The number of hydrogen-bond acceptors (Lipinski definition) is 5. The third-order valence-electron chi connectivity index (χ3n) is 2.10. The number of nitrogens with zero attached hydrogens (tertiary/aromatic N) is 1. The van der Waals surface area contributed by atoms with Crippen molar-refractivity contribution < 1.29 is 14.3 Å². The average molecular weight is 239 g/mol. The zero-order chi connectivity index (χ0) is 12.0. The van der Waals surface area contributed by atoms with Gasteiger partial charge in [-0.2, -0.15) is 0 Å². The first-order valence-corrected chi connectivity index (χ1v) is 5.82. The number of aliphatic imine (C=N–C) groups is 1. The van der Waals surface area contributed by atoms with Gasteiger partial charge in [-0.3, -0.25) is 0 Å². The highest BCUT2D eigenvalue weighted by Gasteiger charge is 2.13. The van der Waals surface area contributed by atoms with Gasteiger partial charge >= 0.3 is 0 Å². The largest absolute Gasteiger partial charge is 0.495 e. The Bertz CT molecular complexity index is 414. The van der Waals surface area contributed by atoms with E-state index in [0.29, 0.717) is 5.75 Å². The Morgan fingerprint density at radius 1 is 1.38 bits per heavy atom. The van der Waals surface area contributed by atoms with Gasteiger partial charge in [0.05, 0.1) is 25.7 Å². The van der Waals surface area contributed by atoms with Gasteiger partial charge in [0.25, 0.3) is 0 Å². The maximum Gasteiger partial charge on any atom is 0.235 e. The second-order valence-corrected chi connectivity index (χ2v) is 3.72. The van der Waals surface area contributed by atoms with Gasteiger partial charge in [-0.1, -0.05) is 0 Å². The first kappa shape index (κ1) is 12.6. The van der Waals surface area contributed by atoms with Crippen LogP contribution >= 0.6 is 11.8 Å². The Morgan fingerprint density at radius 3 is 2.62 bits per heavy atom. The maximum absolute atomic E-state index is 10.1. The number of methoxy groups -OCH3 is 2. The summed E-state index contributed by atoms with van der Waals surface area (Å²) in [6, 6.07) is 3.67. The molecule has 0 spiro atoms. The Balaban J connectivity index is 3.24. The Kier molecular flexibility index (Phi) is 4.89. The highest BCUT2D eigenvalue weighted by atomic mass is 32.2. The third-order valence-corrected chi connectivity index (χ3v) is 2.89. The summed E-state index contributed by atoms with van der Waals surface area (Å²) in [4.78, 5) is 14.5.